The maximum atomic E-state index is 13.6. The molecule has 15 heteroatoms. The number of sulfonamides is 1. The quantitative estimate of drug-likeness (QED) is 0.0333. The number of nitrogens with two attached hydrogens (primary N) is 1. The molecule has 1 aliphatic heterocycles. The maximum Gasteiger partial charge on any atom is 0.243 e. The minimum absolute atomic E-state index is 0.0321. The van der Waals surface area contributed by atoms with Gasteiger partial charge in [-0.2, -0.15) is 4.72 Å². The van der Waals surface area contributed by atoms with Crippen LogP contribution in [0, 0.1) is 0 Å². The topological polar surface area (TPSA) is 196 Å². The number of aliphatic imine (C=N–C) groups is 1. The van der Waals surface area contributed by atoms with E-state index in [-0.39, 0.29) is 28.7 Å². The summed E-state index contributed by atoms with van der Waals surface area (Å²) in [5, 5.41) is 14.4. The maximum absolute atomic E-state index is 13.6. The molecule has 242 valence electrons. The lowest BCUT2D eigenvalue weighted by Crippen LogP contribution is -2.56. The van der Waals surface area contributed by atoms with Crippen molar-refractivity contribution in [3.05, 3.63) is 71.7 Å². The number of Topliss-reactive ketones (excluding diaryl/α,β-unsaturated/α-hetero) is 1. The molecule has 2 amide bonds. The fourth-order valence-corrected chi connectivity index (χ4v) is 7.89. The number of nitrogens with zero attached hydrogens (tertiary/aromatic N) is 3. The summed E-state index contributed by atoms with van der Waals surface area (Å²) in [7, 11) is -4.23. The fourth-order valence-electron chi connectivity index (χ4n) is 5.52. The molecule has 1 unspecified atom stereocenters. The molecule has 3 atom stereocenters. The predicted octanol–water partition coefficient (Wildman–Crippen LogP) is 1.72. The highest BCUT2D eigenvalue weighted by atomic mass is 32.2. The van der Waals surface area contributed by atoms with Crippen molar-refractivity contribution >= 4 is 66.3 Å². The standard InChI is InChI=1S/C31H35N7O6S2/c32-34-19-33-16-6-12-23(28(40)30-36-22-11-3-4-14-26(22)45-30)35-29(41)25-13-7-17-38(25)31(42)24(18-39)37-46(43,44)27-15-5-9-20-8-1-2-10-21(20)27/h1-5,8-11,14-15,19,23-25,37,39H,6-7,12-13,16-18,32H2,(H,33,34)(H,35,41)/t23?,24-,25-/m0/s1. The SMILES string of the molecule is NNC=NCCCC(NC(=O)[C@@H]1CCCN1C(=O)[C@H](CO)NS(=O)(=O)c1cccc2ccccc12)C(=O)c1nc2ccccc2s1. The summed E-state index contributed by atoms with van der Waals surface area (Å²) < 4.78 is 30.0. The van der Waals surface area contributed by atoms with Crippen molar-refractivity contribution in [2.45, 2.75) is 48.7 Å². The van der Waals surface area contributed by atoms with Gasteiger partial charge in [0.05, 0.1) is 34.1 Å². The number of fused-ring (bicyclic) bond motifs is 2. The van der Waals surface area contributed by atoms with Crippen LogP contribution in [-0.2, 0) is 19.6 Å². The van der Waals surface area contributed by atoms with Crippen molar-refractivity contribution in [3.63, 3.8) is 0 Å². The van der Waals surface area contributed by atoms with Gasteiger partial charge in [-0.25, -0.2) is 19.2 Å². The first-order valence-electron chi connectivity index (χ1n) is 14.8. The Labute approximate surface area is 269 Å². The molecule has 1 saturated heterocycles. The van der Waals surface area contributed by atoms with E-state index in [0.29, 0.717) is 42.1 Å². The average molecular weight is 666 g/mol. The molecule has 0 aliphatic carbocycles. The number of aromatic nitrogens is 1. The van der Waals surface area contributed by atoms with E-state index in [0.717, 1.165) is 4.70 Å². The molecule has 6 N–H and O–H groups in total. The van der Waals surface area contributed by atoms with E-state index in [9.17, 15) is 27.9 Å². The van der Waals surface area contributed by atoms with E-state index in [1.165, 1.54) is 28.6 Å². The second-order valence-electron chi connectivity index (χ2n) is 10.8. The Morgan fingerprint density at radius 1 is 1.09 bits per heavy atom. The third-order valence-electron chi connectivity index (χ3n) is 7.74. The van der Waals surface area contributed by atoms with Gasteiger partial charge in [-0.15, -0.1) is 11.3 Å². The van der Waals surface area contributed by atoms with Gasteiger partial charge >= 0.3 is 0 Å². The Hall–Kier alpha value is -4.28. The number of aliphatic hydroxyl groups is 1. The molecule has 4 aromatic rings. The third-order valence-corrected chi connectivity index (χ3v) is 10.3. The molecule has 0 spiro atoms. The number of carbonyl (C=O) groups excluding carboxylic acids is 3. The molecule has 13 nitrogen and oxygen atoms in total. The highest BCUT2D eigenvalue weighted by Crippen LogP contribution is 2.26. The summed E-state index contributed by atoms with van der Waals surface area (Å²) in [6.07, 6.45) is 2.83. The lowest BCUT2D eigenvalue weighted by atomic mass is 10.1. The number of para-hydroxylation sites is 1. The van der Waals surface area contributed by atoms with Crippen LogP contribution >= 0.6 is 11.3 Å². The van der Waals surface area contributed by atoms with Crippen LogP contribution in [0.1, 0.15) is 35.5 Å². The molecule has 5 rings (SSSR count). The summed E-state index contributed by atoms with van der Waals surface area (Å²) in [4.78, 5) is 50.7. The van der Waals surface area contributed by atoms with Crippen molar-refractivity contribution in [3.8, 4) is 0 Å². The molecular weight excluding hydrogens is 631 g/mol. The Kier molecular flexibility index (Phi) is 10.7. The number of hydrazine groups is 1. The summed E-state index contributed by atoms with van der Waals surface area (Å²) in [6, 6.07) is 15.6. The minimum atomic E-state index is -4.23. The van der Waals surface area contributed by atoms with Gasteiger partial charge in [-0.3, -0.25) is 19.4 Å². The molecule has 46 heavy (non-hydrogen) atoms. The Morgan fingerprint density at radius 2 is 1.85 bits per heavy atom. The molecule has 1 aliphatic rings. The zero-order valence-electron chi connectivity index (χ0n) is 24.8. The molecular formula is C31H35N7O6S2. The average Bonchev–Trinajstić information content (AvgIpc) is 3.74. The predicted molar refractivity (Wildman–Crippen MR) is 176 cm³/mol. The second-order valence-corrected chi connectivity index (χ2v) is 13.5. The largest absolute Gasteiger partial charge is 0.394 e. The van der Waals surface area contributed by atoms with E-state index >= 15 is 0 Å². The van der Waals surface area contributed by atoms with Gasteiger partial charge in [-0.05, 0) is 49.3 Å². The smallest absolute Gasteiger partial charge is 0.243 e. The lowest BCUT2D eigenvalue weighted by Gasteiger charge is -2.29. The summed E-state index contributed by atoms with van der Waals surface area (Å²) in [6.45, 7) is -0.280. The number of aliphatic hydroxyl groups excluding tert-OH is 1. The van der Waals surface area contributed by atoms with Crippen LogP contribution in [0.3, 0.4) is 0 Å². The third kappa shape index (κ3) is 7.40. The van der Waals surface area contributed by atoms with Crippen molar-refractivity contribution in [2.75, 3.05) is 19.7 Å². The number of carbonyl (C=O) groups is 3. The van der Waals surface area contributed by atoms with Crippen LogP contribution in [0.5, 0.6) is 0 Å². The number of benzene rings is 3. The fraction of sp³-hybridized carbons (Fsp3) is 0.323. The number of hydrogen-bond donors (Lipinski definition) is 5. The molecule has 1 aromatic heterocycles. The van der Waals surface area contributed by atoms with Crippen LogP contribution in [0.25, 0.3) is 21.0 Å². The molecule has 1 fully saturated rings. The number of hydrogen-bond acceptors (Lipinski definition) is 10. The zero-order valence-corrected chi connectivity index (χ0v) is 26.5. The number of amides is 2. The van der Waals surface area contributed by atoms with Gasteiger partial charge in [-0.1, -0.05) is 48.5 Å². The van der Waals surface area contributed by atoms with E-state index in [2.05, 4.69) is 25.4 Å². The summed E-state index contributed by atoms with van der Waals surface area (Å²) >= 11 is 1.23. The van der Waals surface area contributed by atoms with Gasteiger partial charge in [0, 0.05) is 18.5 Å². The van der Waals surface area contributed by atoms with Gasteiger partial charge in [0.2, 0.25) is 27.6 Å². The van der Waals surface area contributed by atoms with Crippen LogP contribution in [-0.4, -0.2) is 85.2 Å². The molecule has 0 bridgehead atoms. The summed E-state index contributed by atoms with van der Waals surface area (Å²) in [5.41, 5.74) is 2.99. The minimum Gasteiger partial charge on any atom is -0.394 e. The lowest BCUT2D eigenvalue weighted by molar-refractivity contribution is -0.140. The van der Waals surface area contributed by atoms with Gasteiger partial charge in [0.15, 0.2) is 5.01 Å². The number of likely N-dealkylation sites (tertiary alicyclic amines) is 1. The van der Waals surface area contributed by atoms with E-state index in [1.54, 1.807) is 42.5 Å². The van der Waals surface area contributed by atoms with Gasteiger partial charge < -0.3 is 20.7 Å². The van der Waals surface area contributed by atoms with Crippen molar-refractivity contribution in [1.29, 1.82) is 0 Å². The molecule has 0 radical (unpaired) electrons. The monoisotopic (exact) mass is 665 g/mol. The van der Waals surface area contributed by atoms with Gasteiger partial charge in [0.1, 0.15) is 12.1 Å². The van der Waals surface area contributed by atoms with Crippen LogP contribution < -0.4 is 21.3 Å². The first-order valence-corrected chi connectivity index (χ1v) is 17.1. The number of ketones is 1. The molecule has 2 heterocycles. The first-order chi connectivity index (χ1) is 22.2. The zero-order chi connectivity index (χ0) is 32.7. The normalized spacial score (nSPS) is 16.6. The second kappa shape index (κ2) is 14.9. The highest BCUT2D eigenvalue weighted by molar-refractivity contribution is 7.89. The Morgan fingerprint density at radius 3 is 2.63 bits per heavy atom. The van der Waals surface area contributed by atoms with E-state index < -0.39 is 46.6 Å². The van der Waals surface area contributed by atoms with Crippen LogP contribution in [0.4, 0.5) is 0 Å². The molecule has 3 aromatic carbocycles. The number of thiazole rings is 1. The van der Waals surface area contributed by atoms with Crippen molar-refractivity contribution < 1.29 is 27.9 Å². The number of rotatable bonds is 14. The van der Waals surface area contributed by atoms with E-state index in [1.807, 2.05) is 18.2 Å². The summed E-state index contributed by atoms with van der Waals surface area (Å²) in [5.74, 6) is 3.58. The number of nitrogens with one attached hydrogen (secondary N) is 3. The molecule has 0 saturated carbocycles. The van der Waals surface area contributed by atoms with Crippen LogP contribution in [0.15, 0.2) is 76.6 Å². The van der Waals surface area contributed by atoms with Gasteiger partial charge in [0.25, 0.3) is 0 Å². The van der Waals surface area contributed by atoms with Crippen molar-refractivity contribution in [2.24, 2.45) is 10.8 Å². The first kappa shape index (κ1) is 33.1. The Bertz CT molecular complexity index is 1820. The highest BCUT2D eigenvalue weighted by Gasteiger charge is 2.40. The van der Waals surface area contributed by atoms with Crippen LogP contribution in [0.2, 0.25) is 0 Å². The van der Waals surface area contributed by atoms with Crippen molar-refractivity contribution in [1.82, 2.24) is 25.3 Å². The van der Waals surface area contributed by atoms with E-state index in [4.69, 9.17) is 5.84 Å². The Balaban J connectivity index is 1.32.